The number of hydrogen-bond acceptors (Lipinski definition) is 5. The van der Waals surface area contributed by atoms with Crippen molar-refractivity contribution in [1.29, 1.82) is 0 Å². The number of aromatic amines is 1. The van der Waals surface area contributed by atoms with E-state index < -0.39 is 10.0 Å². The molecule has 0 spiro atoms. The Bertz CT molecular complexity index is 1130. The average Bonchev–Trinajstić information content (AvgIpc) is 2.58. The zero-order chi connectivity index (χ0) is 18.7. The highest BCUT2D eigenvalue weighted by Crippen LogP contribution is 2.20. The van der Waals surface area contributed by atoms with Gasteiger partial charge in [-0.1, -0.05) is 30.3 Å². The Labute approximate surface area is 150 Å². The molecular weight excluding hydrogens is 354 g/mol. The molecule has 0 radical (unpaired) electrons. The maximum Gasteiger partial charge on any atom is 0.258 e. The zero-order valence-corrected chi connectivity index (χ0v) is 14.7. The number of nitrogens with one attached hydrogen (secondary N) is 2. The monoisotopic (exact) mass is 371 g/mol. The van der Waals surface area contributed by atoms with Crippen molar-refractivity contribution < 1.29 is 13.5 Å². The number of fused-ring (bicyclic) bond motifs is 1. The van der Waals surface area contributed by atoms with Crippen LogP contribution in [-0.2, 0) is 16.6 Å². The number of aromatic hydroxyl groups is 1. The molecule has 134 valence electrons. The van der Waals surface area contributed by atoms with E-state index in [0.29, 0.717) is 28.6 Å². The molecule has 0 aliphatic carbocycles. The number of anilines is 1. The van der Waals surface area contributed by atoms with E-state index in [-0.39, 0.29) is 11.4 Å². The van der Waals surface area contributed by atoms with Gasteiger partial charge in [0, 0.05) is 22.7 Å². The summed E-state index contributed by atoms with van der Waals surface area (Å²) >= 11 is 0. The molecule has 0 unspecified atom stereocenters. The second kappa shape index (κ2) is 7.01. The summed E-state index contributed by atoms with van der Waals surface area (Å²) in [6, 6.07) is 13.8. The molecule has 3 aromatic rings. The molecule has 3 N–H and O–H groups in total. The lowest BCUT2D eigenvalue weighted by atomic mass is 10.1. The maximum absolute atomic E-state index is 11.9. The largest absolute Gasteiger partial charge is 0.494 e. The molecule has 1 heterocycles. The van der Waals surface area contributed by atoms with Crippen LogP contribution in [0.25, 0.3) is 10.8 Å². The fraction of sp³-hybridized carbons (Fsp3) is 0.111. The molecule has 0 aliphatic rings. The van der Waals surface area contributed by atoms with E-state index in [0.717, 1.165) is 11.8 Å². The van der Waals surface area contributed by atoms with Crippen molar-refractivity contribution in [1.82, 2.24) is 4.98 Å². The Morgan fingerprint density at radius 2 is 1.77 bits per heavy atom. The molecule has 3 rings (SSSR count). The molecule has 0 saturated heterocycles. The molecule has 1 aromatic heterocycles. The van der Waals surface area contributed by atoms with E-state index in [1.54, 1.807) is 48.5 Å². The fourth-order valence-electron chi connectivity index (χ4n) is 2.55. The van der Waals surface area contributed by atoms with Crippen molar-refractivity contribution in [3.05, 3.63) is 70.0 Å². The van der Waals surface area contributed by atoms with Crippen molar-refractivity contribution in [2.24, 2.45) is 4.99 Å². The van der Waals surface area contributed by atoms with Crippen molar-refractivity contribution in [2.45, 2.75) is 6.54 Å². The van der Waals surface area contributed by atoms with Crippen molar-refractivity contribution in [3.8, 4) is 5.88 Å². The summed E-state index contributed by atoms with van der Waals surface area (Å²) in [7, 11) is -3.31. The minimum absolute atomic E-state index is 0.231. The fourth-order valence-corrected chi connectivity index (χ4v) is 3.12. The highest BCUT2D eigenvalue weighted by Gasteiger charge is 2.08. The molecule has 0 saturated carbocycles. The van der Waals surface area contributed by atoms with E-state index in [9.17, 15) is 18.3 Å². The van der Waals surface area contributed by atoms with Gasteiger partial charge in [0.1, 0.15) is 0 Å². The van der Waals surface area contributed by atoms with Gasteiger partial charge < -0.3 is 5.11 Å². The first-order valence-corrected chi connectivity index (χ1v) is 9.63. The zero-order valence-electron chi connectivity index (χ0n) is 13.9. The third kappa shape index (κ3) is 4.09. The maximum atomic E-state index is 11.9. The molecule has 0 amide bonds. The number of benzene rings is 2. The number of hydrogen-bond donors (Lipinski definition) is 3. The predicted molar refractivity (Wildman–Crippen MR) is 102 cm³/mol. The number of pyridine rings is 1. The van der Waals surface area contributed by atoms with Crippen molar-refractivity contribution >= 4 is 32.7 Å². The Kier molecular flexibility index (Phi) is 4.77. The molecule has 26 heavy (non-hydrogen) atoms. The third-order valence-corrected chi connectivity index (χ3v) is 4.31. The van der Waals surface area contributed by atoms with Gasteiger partial charge >= 0.3 is 0 Å². The molecule has 7 nitrogen and oxygen atoms in total. The normalized spacial score (nSPS) is 11.9. The summed E-state index contributed by atoms with van der Waals surface area (Å²) in [4.78, 5) is 18.6. The molecule has 0 bridgehead atoms. The molecule has 8 heteroatoms. The van der Waals surface area contributed by atoms with E-state index in [1.165, 1.54) is 6.21 Å². The summed E-state index contributed by atoms with van der Waals surface area (Å²) in [6.45, 7) is 0.339. The van der Waals surface area contributed by atoms with Gasteiger partial charge in [-0.15, -0.1) is 0 Å². The van der Waals surface area contributed by atoms with Crippen LogP contribution in [-0.4, -0.2) is 31.0 Å². The number of rotatable bonds is 5. The van der Waals surface area contributed by atoms with Crippen LogP contribution < -0.4 is 10.3 Å². The number of nitrogens with zero attached hydrogens (tertiary/aromatic N) is 1. The average molecular weight is 371 g/mol. The third-order valence-electron chi connectivity index (χ3n) is 3.70. The van der Waals surface area contributed by atoms with Crippen LogP contribution in [0.3, 0.4) is 0 Å². The minimum Gasteiger partial charge on any atom is -0.494 e. The SMILES string of the molecule is CS(=O)(=O)Nc1ccc(CN=Cc2c(O)[nH]c(=O)c3ccccc23)cc1. The van der Waals surface area contributed by atoms with Crippen molar-refractivity contribution in [2.75, 3.05) is 11.0 Å². The van der Waals surface area contributed by atoms with Crippen molar-refractivity contribution in [3.63, 3.8) is 0 Å². The second-order valence-electron chi connectivity index (χ2n) is 5.80. The van der Waals surface area contributed by atoms with Gasteiger partial charge in [-0.05, 0) is 23.8 Å². The molecule has 0 fully saturated rings. The highest BCUT2D eigenvalue weighted by molar-refractivity contribution is 7.92. The first-order valence-electron chi connectivity index (χ1n) is 7.74. The first kappa shape index (κ1) is 17.7. The van der Waals surface area contributed by atoms with Gasteiger partial charge in [-0.2, -0.15) is 0 Å². The summed E-state index contributed by atoms with van der Waals surface area (Å²) in [5, 5.41) is 11.1. The second-order valence-corrected chi connectivity index (χ2v) is 7.55. The van der Waals surface area contributed by atoms with Gasteiger partial charge in [0.2, 0.25) is 15.9 Å². The van der Waals surface area contributed by atoms with Crippen LogP contribution >= 0.6 is 0 Å². The Hall–Kier alpha value is -3.13. The lowest BCUT2D eigenvalue weighted by molar-refractivity contribution is 0.452. The molecular formula is C18H17N3O4S. The Morgan fingerprint density at radius 3 is 2.42 bits per heavy atom. The van der Waals surface area contributed by atoms with E-state index in [2.05, 4.69) is 14.7 Å². The van der Waals surface area contributed by atoms with Crippen LogP contribution in [0.1, 0.15) is 11.1 Å². The Morgan fingerprint density at radius 1 is 1.12 bits per heavy atom. The molecule has 0 atom stereocenters. The summed E-state index contributed by atoms with van der Waals surface area (Å²) in [6.07, 6.45) is 2.60. The quantitative estimate of drug-likeness (QED) is 0.597. The number of aliphatic imine (C=N–C) groups is 1. The van der Waals surface area contributed by atoms with E-state index >= 15 is 0 Å². The standard InChI is InChI=1S/C18H17N3O4S/c1-26(24,25)21-13-8-6-12(7-9-13)10-19-11-16-14-4-2-3-5-15(14)17(22)20-18(16)23/h2-9,11,21H,10H2,1H3,(H2,20,22,23). The van der Waals surface area contributed by atoms with Gasteiger partial charge in [0.05, 0.1) is 18.4 Å². The molecule has 0 aliphatic heterocycles. The highest BCUT2D eigenvalue weighted by atomic mass is 32.2. The summed E-state index contributed by atoms with van der Waals surface area (Å²) < 4.78 is 24.8. The summed E-state index contributed by atoms with van der Waals surface area (Å²) in [5.74, 6) is -0.231. The number of aromatic nitrogens is 1. The van der Waals surface area contributed by atoms with Crippen LogP contribution in [0.5, 0.6) is 5.88 Å². The topological polar surface area (TPSA) is 112 Å². The first-order chi connectivity index (χ1) is 12.3. The van der Waals surface area contributed by atoms with Crippen LogP contribution in [0, 0.1) is 0 Å². The minimum atomic E-state index is -3.31. The van der Waals surface area contributed by atoms with Gasteiger partial charge in [-0.3, -0.25) is 19.5 Å². The predicted octanol–water partition coefficient (Wildman–Crippen LogP) is 2.22. The van der Waals surface area contributed by atoms with Gasteiger partial charge in [0.15, 0.2) is 0 Å². The summed E-state index contributed by atoms with van der Waals surface area (Å²) in [5.41, 5.74) is 1.43. The molecule has 2 aromatic carbocycles. The smallest absolute Gasteiger partial charge is 0.258 e. The van der Waals surface area contributed by atoms with Crippen LogP contribution in [0.2, 0.25) is 0 Å². The number of sulfonamides is 1. The lowest BCUT2D eigenvalue weighted by Crippen LogP contribution is -2.09. The Balaban J connectivity index is 1.81. The van der Waals surface area contributed by atoms with Crippen LogP contribution in [0.15, 0.2) is 58.3 Å². The van der Waals surface area contributed by atoms with E-state index in [1.807, 2.05) is 0 Å². The van der Waals surface area contributed by atoms with Crippen LogP contribution in [0.4, 0.5) is 5.69 Å². The van der Waals surface area contributed by atoms with Gasteiger partial charge in [-0.25, -0.2) is 8.42 Å². The lowest BCUT2D eigenvalue weighted by Gasteiger charge is -2.05. The number of H-pyrrole nitrogens is 1. The van der Waals surface area contributed by atoms with E-state index in [4.69, 9.17) is 0 Å². The van der Waals surface area contributed by atoms with Gasteiger partial charge in [0.25, 0.3) is 5.56 Å².